The van der Waals surface area contributed by atoms with Crippen molar-refractivity contribution >= 4 is 5.91 Å². The molecule has 6 nitrogen and oxygen atoms in total. The summed E-state index contributed by atoms with van der Waals surface area (Å²) in [5.74, 6) is 0.0748. The molecule has 0 radical (unpaired) electrons. The summed E-state index contributed by atoms with van der Waals surface area (Å²) in [5, 5.41) is 12.7. The second-order valence-corrected chi connectivity index (χ2v) is 15.8. The highest BCUT2D eigenvalue weighted by Crippen LogP contribution is 2.53. The maximum absolute atomic E-state index is 12.6. The number of hydrogen-bond acceptors (Lipinski definition) is 5. The van der Waals surface area contributed by atoms with Crippen LogP contribution < -0.4 is 5.32 Å². The van der Waals surface area contributed by atoms with E-state index < -0.39 is 6.29 Å². The van der Waals surface area contributed by atoms with E-state index >= 15 is 0 Å². The Morgan fingerprint density at radius 3 is 2.31 bits per heavy atom. The first kappa shape index (κ1) is 33.7. The number of rotatable bonds is 9. The van der Waals surface area contributed by atoms with E-state index in [1.54, 1.807) is 0 Å². The van der Waals surface area contributed by atoms with Crippen LogP contribution in [0.15, 0.2) is 103 Å². The third-order valence-electron chi connectivity index (χ3n) is 11.0. The molecule has 7 rings (SSSR count). The second-order valence-electron chi connectivity index (χ2n) is 15.8. The first-order valence-corrected chi connectivity index (χ1v) is 17.9. The van der Waals surface area contributed by atoms with Gasteiger partial charge in [-0.1, -0.05) is 113 Å². The number of carbonyl (C=O) groups excluding carboxylic acids is 1. The quantitative estimate of drug-likeness (QED) is 0.189. The third kappa shape index (κ3) is 7.53. The first-order chi connectivity index (χ1) is 23.6. The molecule has 3 fully saturated rings. The van der Waals surface area contributed by atoms with Gasteiger partial charge in [0.2, 0.25) is 0 Å². The lowest BCUT2D eigenvalue weighted by atomic mass is 9.65. The van der Waals surface area contributed by atoms with Gasteiger partial charge in [0.05, 0.1) is 18.8 Å². The van der Waals surface area contributed by atoms with Gasteiger partial charge in [-0.25, -0.2) is 0 Å². The normalized spacial score (nSPS) is 27.9. The Morgan fingerprint density at radius 2 is 1.57 bits per heavy atom. The number of nitrogens with one attached hydrogen (secondary N) is 1. The van der Waals surface area contributed by atoms with Gasteiger partial charge in [-0.15, -0.1) is 0 Å². The number of hydrogen-bond donors (Lipinski definition) is 2. The smallest absolute Gasteiger partial charge is 0.251 e. The Balaban J connectivity index is 1.09. The van der Waals surface area contributed by atoms with E-state index in [-0.39, 0.29) is 30.6 Å². The summed E-state index contributed by atoms with van der Waals surface area (Å²) in [7, 11) is 0. The monoisotopic (exact) mass is 658 g/mol. The van der Waals surface area contributed by atoms with Gasteiger partial charge in [0.25, 0.3) is 5.91 Å². The van der Waals surface area contributed by atoms with Crippen molar-refractivity contribution in [1.29, 1.82) is 0 Å². The molecule has 0 aromatic heterocycles. The van der Waals surface area contributed by atoms with E-state index in [1.807, 2.05) is 54.6 Å². The summed E-state index contributed by atoms with van der Waals surface area (Å²) in [6.45, 7) is 12.1. The number of ether oxygens (including phenoxy) is 2. The molecule has 4 aromatic carbocycles. The average molecular weight is 659 g/mol. The number of aliphatic hydroxyl groups excluding tert-OH is 1. The van der Waals surface area contributed by atoms with Crippen LogP contribution >= 0.6 is 0 Å². The van der Waals surface area contributed by atoms with E-state index in [0.29, 0.717) is 29.0 Å². The van der Waals surface area contributed by atoms with Crippen molar-refractivity contribution in [3.05, 3.63) is 131 Å². The van der Waals surface area contributed by atoms with Crippen LogP contribution in [0.5, 0.6) is 0 Å². The van der Waals surface area contributed by atoms with Crippen molar-refractivity contribution in [2.45, 2.75) is 84.6 Å². The number of fused-ring (bicyclic) bond motifs is 2. The summed E-state index contributed by atoms with van der Waals surface area (Å²) in [5.41, 5.74) is 7.62. The SMILES string of the molecule is C[C@H]1[C@@H](CN2CC3(C)CC2CC(C)(C)C3)O[C@@H](c2ccc(-c3cccc(CNC(=O)c4ccccc4)c3)cc2)O[C@H]1c1ccc(CO)cc1. The zero-order chi connectivity index (χ0) is 34.2. The van der Waals surface area contributed by atoms with Crippen LogP contribution in [0.25, 0.3) is 11.1 Å². The highest BCUT2D eigenvalue weighted by molar-refractivity contribution is 5.94. The van der Waals surface area contributed by atoms with Gasteiger partial charge in [-0.3, -0.25) is 9.69 Å². The molecule has 0 spiro atoms. The van der Waals surface area contributed by atoms with Crippen LogP contribution in [0.1, 0.15) is 92.0 Å². The van der Waals surface area contributed by atoms with Crippen molar-refractivity contribution in [2.75, 3.05) is 13.1 Å². The molecule has 2 unspecified atom stereocenters. The van der Waals surface area contributed by atoms with Crippen LogP contribution in [0, 0.1) is 16.7 Å². The van der Waals surface area contributed by atoms with E-state index in [9.17, 15) is 9.90 Å². The molecule has 1 saturated carbocycles. The number of benzene rings is 4. The van der Waals surface area contributed by atoms with Gasteiger partial charge in [0, 0.05) is 42.7 Å². The van der Waals surface area contributed by atoms with Crippen molar-refractivity contribution < 1.29 is 19.4 Å². The Kier molecular flexibility index (Phi) is 9.51. The average Bonchev–Trinajstić information content (AvgIpc) is 3.35. The molecule has 256 valence electrons. The number of aliphatic hydroxyl groups is 1. The van der Waals surface area contributed by atoms with Crippen LogP contribution in [-0.2, 0) is 22.6 Å². The Morgan fingerprint density at radius 1 is 0.837 bits per heavy atom. The summed E-state index contributed by atoms with van der Waals surface area (Å²) >= 11 is 0. The van der Waals surface area contributed by atoms with Crippen molar-refractivity contribution in [1.82, 2.24) is 10.2 Å². The standard InChI is InChI=1S/C43H50N2O4/c1-29-38(25-45-28-43(4)23-37(45)22-42(2,3)27-43)48-41(49-39(29)33-15-13-30(26-46)14-16-33)35-19-17-32(18-20-35)36-12-8-9-31(21-36)24-44-40(47)34-10-6-5-7-11-34/h5-21,29,37-39,41,46H,22-28H2,1-4H3,(H,44,47)/t29-,37?,38+,39+,41+,43?/m0/s1. The minimum atomic E-state index is -0.494. The summed E-state index contributed by atoms with van der Waals surface area (Å²) < 4.78 is 13.7. The fraction of sp³-hybridized carbons (Fsp3) is 0.419. The van der Waals surface area contributed by atoms with Crippen LogP contribution in [0.4, 0.5) is 0 Å². The van der Waals surface area contributed by atoms with Crippen molar-refractivity contribution in [3.8, 4) is 11.1 Å². The molecule has 2 aliphatic heterocycles. The molecule has 3 aliphatic rings. The molecular formula is C43H50N2O4. The maximum atomic E-state index is 12.6. The topological polar surface area (TPSA) is 71.0 Å². The van der Waals surface area contributed by atoms with Crippen LogP contribution in [-0.4, -0.2) is 41.1 Å². The molecule has 2 saturated heterocycles. The van der Waals surface area contributed by atoms with Gasteiger partial charge in [-0.2, -0.15) is 0 Å². The van der Waals surface area contributed by atoms with Gasteiger partial charge in [0.1, 0.15) is 0 Å². The Bertz CT molecular complexity index is 1740. The number of nitrogens with zero attached hydrogens (tertiary/aromatic N) is 1. The molecule has 2 bridgehead atoms. The molecule has 6 heteroatoms. The number of likely N-dealkylation sites (tertiary alicyclic amines) is 1. The largest absolute Gasteiger partial charge is 0.392 e. The van der Waals surface area contributed by atoms with Gasteiger partial charge < -0.3 is 19.9 Å². The molecule has 2 heterocycles. The predicted octanol–water partition coefficient (Wildman–Crippen LogP) is 8.47. The molecule has 1 aliphatic carbocycles. The second kappa shape index (κ2) is 13.8. The zero-order valence-electron chi connectivity index (χ0n) is 29.3. The number of amides is 1. The Labute approximate surface area is 291 Å². The van der Waals surface area contributed by atoms with Gasteiger partial charge >= 0.3 is 0 Å². The highest BCUT2D eigenvalue weighted by atomic mass is 16.7. The van der Waals surface area contributed by atoms with Gasteiger partial charge in [-0.05, 0) is 76.1 Å². The lowest BCUT2D eigenvalue weighted by Crippen LogP contribution is -2.46. The lowest BCUT2D eigenvalue weighted by molar-refractivity contribution is -0.276. The third-order valence-corrected chi connectivity index (χ3v) is 11.0. The fourth-order valence-electron chi connectivity index (χ4n) is 8.92. The zero-order valence-corrected chi connectivity index (χ0v) is 29.3. The summed E-state index contributed by atoms with van der Waals surface area (Å²) in [4.78, 5) is 15.3. The molecule has 6 atom stereocenters. The van der Waals surface area contributed by atoms with E-state index in [4.69, 9.17) is 9.47 Å². The highest BCUT2D eigenvalue weighted by Gasteiger charge is 2.51. The minimum absolute atomic E-state index is 0.00906. The fourth-order valence-corrected chi connectivity index (χ4v) is 8.92. The van der Waals surface area contributed by atoms with Crippen molar-refractivity contribution in [3.63, 3.8) is 0 Å². The van der Waals surface area contributed by atoms with E-state index in [0.717, 1.165) is 46.5 Å². The van der Waals surface area contributed by atoms with Crippen LogP contribution in [0.3, 0.4) is 0 Å². The first-order valence-electron chi connectivity index (χ1n) is 17.9. The van der Waals surface area contributed by atoms with E-state index in [1.165, 1.54) is 19.3 Å². The maximum Gasteiger partial charge on any atom is 0.251 e. The molecular weight excluding hydrogens is 608 g/mol. The predicted molar refractivity (Wildman–Crippen MR) is 194 cm³/mol. The van der Waals surface area contributed by atoms with Crippen LogP contribution in [0.2, 0.25) is 0 Å². The molecule has 2 N–H and O–H groups in total. The van der Waals surface area contributed by atoms with E-state index in [2.05, 4.69) is 86.4 Å². The molecule has 1 amide bonds. The number of carbonyl (C=O) groups is 1. The minimum Gasteiger partial charge on any atom is -0.392 e. The summed E-state index contributed by atoms with van der Waals surface area (Å²) in [6.07, 6.45) is 3.16. The molecule has 49 heavy (non-hydrogen) atoms. The lowest BCUT2D eigenvalue weighted by Gasteiger charge is -2.43. The summed E-state index contributed by atoms with van der Waals surface area (Å²) in [6, 6.07) is 34.9. The van der Waals surface area contributed by atoms with Crippen molar-refractivity contribution in [2.24, 2.45) is 16.7 Å². The van der Waals surface area contributed by atoms with Gasteiger partial charge in [0.15, 0.2) is 6.29 Å². The molecule has 4 aromatic rings. The Hall–Kier alpha value is -3.81.